The van der Waals surface area contributed by atoms with Crippen molar-refractivity contribution in [3.05, 3.63) is 35.5 Å². The number of amides is 2. The molecule has 9 heteroatoms. The Labute approximate surface area is 142 Å². The fourth-order valence-corrected chi connectivity index (χ4v) is 2.13. The highest BCUT2D eigenvalue weighted by Gasteiger charge is 2.22. The molecular weight excluding hydrogens is 330 g/mol. The van der Waals surface area contributed by atoms with Gasteiger partial charge in [0.05, 0.1) is 16.9 Å². The smallest absolute Gasteiger partial charge is 0.339 e. The molecule has 130 valence electrons. The van der Waals surface area contributed by atoms with Crippen LogP contribution in [-0.4, -0.2) is 35.7 Å². The van der Waals surface area contributed by atoms with E-state index in [-0.39, 0.29) is 24.0 Å². The van der Waals surface area contributed by atoms with E-state index in [1.807, 2.05) is 0 Å². The first-order valence-corrected chi connectivity index (χ1v) is 7.44. The third-order valence-corrected chi connectivity index (χ3v) is 3.38. The van der Waals surface area contributed by atoms with Crippen LogP contribution < -0.4 is 15.4 Å². The fraction of sp³-hybridized carbons (Fsp3) is 0.250. The largest absolute Gasteiger partial charge is 0.482 e. The summed E-state index contributed by atoms with van der Waals surface area (Å²) in [6.45, 7) is 3.02. The number of anilines is 2. The van der Waals surface area contributed by atoms with E-state index in [1.165, 1.54) is 25.1 Å². The van der Waals surface area contributed by atoms with Crippen LogP contribution in [0.3, 0.4) is 0 Å². The molecule has 1 aliphatic heterocycles. The Bertz CT molecular complexity index is 844. The van der Waals surface area contributed by atoms with Gasteiger partial charge in [0.1, 0.15) is 5.75 Å². The van der Waals surface area contributed by atoms with Crippen LogP contribution in [0.25, 0.3) is 0 Å². The van der Waals surface area contributed by atoms with Gasteiger partial charge in [0.15, 0.2) is 12.7 Å². The zero-order valence-corrected chi connectivity index (χ0v) is 13.5. The molecule has 2 N–H and O–H groups in total. The number of fused-ring (bicyclic) bond motifs is 1. The maximum absolute atomic E-state index is 12.2. The Morgan fingerprint density at radius 3 is 2.88 bits per heavy atom. The molecule has 0 spiro atoms. The summed E-state index contributed by atoms with van der Waals surface area (Å²) in [5.41, 5.74) is 1.28. The minimum absolute atomic E-state index is 0.124. The van der Waals surface area contributed by atoms with E-state index in [1.54, 1.807) is 13.0 Å². The first-order valence-electron chi connectivity index (χ1n) is 7.44. The van der Waals surface area contributed by atoms with Gasteiger partial charge in [-0.1, -0.05) is 5.16 Å². The summed E-state index contributed by atoms with van der Waals surface area (Å²) in [7, 11) is 0. The fourth-order valence-electron chi connectivity index (χ4n) is 2.13. The number of aromatic nitrogens is 1. The topological polar surface area (TPSA) is 120 Å². The molecule has 1 atom stereocenters. The number of rotatable bonds is 4. The summed E-state index contributed by atoms with van der Waals surface area (Å²) >= 11 is 0. The van der Waals surface area contributed by atoms with Crippen LogP contribution in [0.1, 0.15) is 23.0 Å². The predicted molar refractivity (Wildman–Crippen MR) is 85.3 cm³/mol. The third kappa shape index (κ3) is 3.77. The molecule has 1 aliphatic rings. The van der Waals surface area contributed by atoms with E-state index < -0.39 is 18.0 Å². The number of carbonyl (C=O) groups excluding carboxylic acids is 3. The lowest BCUT2D eigenvalue weighted by Crippen LogP contribution is -2.30. The SMILES string of the molecule is Cc1cc(NC(=O)[C@@H](C)OC(=O)c2ccc3c(c2)OCC(=O)N3)on1. The molecule has 0 unspecified atom stereocenters. The van der Waals surface area contributed by atoms with Crippen LogP contribution >= 0.6 is 0 Å². The Morgan fingerprint density at radius 2 is 2.16 bits per heavy atom. The Morgan fingerprint density at radius 1 is 1.36 bits per heavy atom. The van der Waals surface area contributed by atoms with Gasteiger partial charge in [-0.05, 0) is 32.0 Å². The van der Waals surface area contributed by atoms with Crippen molar-refractivity contribution >= 4 is 29.4 Å². The van der Waals surface area contributed by atoms with E-state index in [9.17, 15) is 14.4 Å². The molecule has 0 aliphatic carbocycles. The van der Waals surface area contributed by atoms with E-state index in [2.05, 4.69) is 15.8 Å². The van der Waals surface area contributed by atoms with Gasteiger partial charge in [-0.3, -0.25) is 14.9 Å². The minimum atomic E-state index is -1.05. The van der Waals surface area contributed by atoms with Crippen molar-refractivity contribution in [3.8, 4) is 5.75 Å². The van der Waals surface area contributed by atoms with Crippen molar-refractivity contribution < 1.29 is 28.4 Å². The Kier molecular flexibility index (Phi) is 4.38. The normalized spacial score (nSPS) is 13.9. The minimum Gasteiger partial charge on any atom is -0.482 e. The zero-order chi connectivity index (χ0) is 18.0. The molecule has 2 amide bonds. The summed E-state index contributed by atoms with van der Waals surface area (Å²) in [5.74, 6) is -0.979. The lowest BCUT2D eigenvalue weighted by Gasteiger charge is -2.18. The number of aryl methyl sites for hydroxylation is 1. The van der Waals surface area contributed by atoms with Gasteiger partial charge in [0.25, 0.3) is 11.8 Å². The van der Waals surface area contributed by atoms with Crippen molar-refractivity contribution in [3.63, 3.8) is 0 Å². The molecule has 0 saturated carbocycles. The molecule has 9 nitrogen and oxygen atoms in total. The van der Waals surface area contributed by atoms with Gasteiger partial charge in [-0.15, -0.1) is 0 Å². The van der Waals surface area contributed by atoms with E-state index >= 15 is 0 Å². The molecular formula is C16H15N3O6. The molecule has 0 radical (unpaired) electrons. The Balaban J connectivity index is 1.63. The van der Waals surface area contributed by atoms with Crippen molar-refractivity contribution in [2.45, 2.75) is 20.0 Å². The lowest BCUT2D eigenvalue weighted by atomic mass is 10.1. The average molecular weight is 345 g/mol. The molecule has 0 saturated heterocycles. The van der Waals surface area contributed by atoms with Crippen LogP contribution in [0, 0.1) is 6.92 Å². The van der Waals surface area contributed by atoms with Crippen molar-refractivity contribution in [2.75, 3.05) is 17.2 Å². The summed E-state index contributed by atoms with van der Waals surface area (Å²) in [6, 6.07) is 5.99. The second-order valence-corrected chi connectivity index (χ2v) is 5.42. The van der Waals surface area contributed by atoms with Crippen LogP contribution in [-0.2, 0) is 14.3 Å². The highest BCUT2D eigenvalue weighted by Crippen LogP contribution is 2.28. The van der Waals surface area contributed by atoms with Gasteiger partial charge in [0, 0.05) is 6.07 Å². The number of carbonyl (C=O) groups is 3. The van der Waals surface area contributed by atoms with Crippen LogP contribution in [0.5, 0.6) is 5.75 Å². The monoisotopic (exact) mass is 345 g/mol. The maximum Gasteiger partial charge on any atom is 0.339 e. The summed E-state index contributed by atoms with van der Waals surface area (Å²) in [6.07, 6.45) is -1.05. The summed E-state index contributed by atoms with van der Waals surface area (Å²) < 4.78 is 15.2. The van der Waals surface area contributed by atoms with Gasteiger partial charge >= 0.3 is 5.97 Å². The molecule has 25 heavy (non-hydrogen) atoms. The Hall–Kier alpha value is -3.36. The van der Waals surface area contributed by atoms with Crippen LogP contribution in [0.15, 0.2) is 28.8 Å². The highest BCUT2D eigenvalue weighted by molar-refractivity contribution is 5.99. The third-order valence-electron chi connectivity index (χ3n) is 3.38. The molecule has 1 aromatic carbocycles. The van der Waals surface area contributed by atoms with Crippen molar-refractivity contribution in [2.24, 2.45) is 0 Å². The molecule has 2 aromatic rings. The van der Waals surface area contributed by atoms with Gasteiger partial charge in [-0.2, -0.15) is 0 Å². The van der Waals surface area contributed by atoms with Crippen LogP contribution in [0.2, 0.25) is 0 Å². The number of nitrogens with one attached hydrogen (secondary N) is 2. The van der Waals surface area contributed by atoms with Crippen molar-refractivity contribution in [1.29, 1.82) is 0 Å². The maximum atomic E-state index is 12.2. The zero-order valence-electron chi connectivity index (χ0n) is 13.5. The quantitative estimate of drug-likeness (QED) is 0.806. The lowest BCUT2D eigenvalue weighted by molar-refractivity contribution is -0.124. The average Bonchev–Trinajstić information content (AvgIpc) is 2.99. The first kappa shape index (κ1) is 16.5. The number of nitrogens with zero attached hydrogens (tertiary/aromatic N) is 1. The first-order chi connectivity index (χ1) is 11.9. The second-order valence-electron chi connectivity index (χ2n) is 5.42. The molecule has 2 heterocycles. The van der Waals surface area contributed by atoms with Gasteiger partial charge < -0.3 is 19.3 Å². The second kappa shape index (κ2) is 6.63. The van der Waals surface area contributed by atoms with E-state index in [4.69, 9.17) is 14.0 Å². The summed E-state index contributed by atoms with van der Waals surface area (Å²) in [4.78, 5) is 35.4. The standard InChI is InChI=1S/C16H15N3O6/c1-8-5-14(25-19-8)18-15(21)9(2)24-16(22)10-3-4-11-12(6-10)23-7-13(20)17-11/h3-6,9H,7H2,1-2H3,(H,17,20)(H,18,21)/t9-/m1/s1. The van der Waals surface area contributed by atoms with Gasteiger partial charge in [0.2, 0.25) is 5.88 Å². The molecule has 1 aromatic heterocycles. The number of hydrogen-bond acceptors (Lipinski definition) is 7. The predicted octanol–water partition coefficient (Wildman–Crippen LogP) is 1.50. The van der Waals surface area contributed by atoms with Crippen LogP contribution in [0.4, 0.5) is 11.6 Å². The summed E-state index contributed by atoms with van der Waals surface area (Å²) in [5, 5.41) is 8.72. The van der Waals surface area contributed by atoms with E-state index in [0.717, 1.165) is 0 Å². The van der Waals surface area contributed by atoms with Gasteiger partial charge in [-0.25, -0.2) is 4.79 Å². The van der Waals surface area contributed by atoms with Crippen molar-refractivity contribution in [1.82, 2.24) is 5.16 Å². The van der Waals surface area contributed by atoms with E-state index in [0.29, 0.717) is 17.1 Å². The number of esters is 1. The highest BCUT2D eigenvalue weighted by atomic mass is 16.5. The molecule has 3 rings (SSSR count). The number of ether oxygens (including phenoxy) is 2. The molecule has 0 bridgehead atoms. The molecule has 0 fully saturated rings. The number of hydrogen-bond donors (Lipinski definition) is 2. The number of benzene rings is 1.